The lowest BCUT2D eigenvalue weighted by atomic mass is 10.1. The van der Waals surface area contributed by atoms with E-state index in [1.165, 1.54) is 12.1 Å². The van der Waals surface area contributed by atoms with Crippen LogP contribution < -0.4 is 0 Å². The molecule has 0 unspecified atom stereocenters. The molecule has 0 atom stereocenters. The quantitative estimate of drug-likeness (QED) is 0.921. The molecule has 0 aliphatic carbocycles. The zero-order chi connectivity index (χ0) is 11.7. The molecule has 0 aliphatic rings. The monoisotopic (exact) mass is 285 g/mol. The molecule has 0 fully saturated rings. The molecule has 0 saturated heterocycles. The van der Waals surface area contributed by atoms with Gasteiger partial charge in [0.05, 0.1) is 16.2 Å². The van der Waals surface area contributed by atoms with Gasteiger partial charge < -0.3 is 9.63 Å². The van der Waals surface area contributed by atoms with Crippen LogP contribution in [0.3, 0.4) is 0 Å². The molecule has 1 N–H and O–H groups in total. The molecule has 1 heterocycles. The number of aromatic carboxylic acids is 1. The molecule has 6 heteroatoms. The summed E-state index contributed by atoms with van der Waals surface area (Å²) in [6.07, 6.45) is 1.04. The van der Waals surface area contributed by atoms with Gasteiger partial charge in [0.2, 0.25) is 0 Å². The van der Waals surface area contributed by atoms with Crippen molar-refractivity contribution in [2.75, 3.05) is 0 Å². The Hall–Kier alpha value is -1.69. The van der Waals surface area contributed by atoms with Crippen LogP contribution in [0.25, 0.3) is 11.3 Å². The standard InChI is InChI=1S/C10H5BrFNO3/c11-7-3-1-2-5(8(7)12)9-6(10(14)15)4-13-16-9/h1-4H,(H,14,15). The SMILES string of the molecule is O=C(O)c1cnoc1-c1cccc(Br)c1F. The molecule has 1 aromatic heterocycles. The van der Waals surface area contributed by atoms with Crippen LogP contribution in [0.2, 0.25) is 0 Å². The van der Waals surface area contributed by atoms with E-state index in [2.05, 4.69) is 21.1 Å². The molecule has 1 aromatic carbocycles. The van der Waals surface area contributed by atoms with E-state index in [9.17, 15) is 9.18 Å². The van der Waals surface area contributed by atoms with E-state index in [1.807, 2.05) is 0 Å². The van der Waals surface area contributed by atoms with Crippen LogP contribution in [0.5, 0.6) is 0 Å². The number of carboxylic acid groups (broad SMARTS) is 1. The molecule has 2 aromatic rings. The van der Waals surface area contributed by atoms with E-state index in [1.54, 1.807) is 6.07 Å². The first kappa shape index (κ1) is 10.8. The predicted octanol–water partition coefficient (Wildman–Crippen LogP) is 2.94. The minimum absolute atomic E-state index is 0.0595. The highest BCUT2D eigenvalue weighted by Gasteiger charge is 2.20. The van der Waals surface area contributed by atoms with E-state index in [0.29, 0.717) is 0 Å². The van der Waals surface area contributed by atoms with Crippen molar-refractivity contribution in [3.63, 3.8) is 0 Å². The Labute approximate surface area is 97.8 Å². The zero-order valence-electron chi connectivity index (χ0n) is 7.78. The highest BCUT2D eigenvalue weighted by Crippen LogP contribution is 2.30. The average Bonchev–Trinajstić information content (AvgIpc) is 2.70. The van der Waals surface area contributed by atoms with Gasteiger partial charge in [-0.2, -0.15) is 0 Å². The lowest BCUT2D eigenvalue weighted by Crippen LogP contribution is -1.97. The molecule has 0 aliphatic heterocycles. The van der Waals surface area contributed by atoms with E-state index in [4.69, 9.17) is 9.63 Å². The third kappa shape index (κ3) is 1.71. The molecule has 0 radical (unpaired) electrons. The van der Waals surface area contributed by atoms with E-state index < -0.39 is 11.8 Å². The molecule has 82 valence electrons. The van der Waals surface area contributed by atoms with Gasteiger partial charge in [-0.3, -0.25) is 0 Å². The number of halogens is 2. The molecule has 4 nitrogen and oxygen atoms in total. The summed E-state index contributed by atoms with van der Waals surface area (Å²) >= 11 is 3.01. The Kier molecular flexibility index (Phi) is 2.74. The van der Waals surface area contributed by atoms with Crippen molar-refractivity contribution >= 4 is 21.9 Å². The van der Waals surface area contributed by atoms with Crippen LogP contribution in [-0.4, -0.2) is 16.2 Å². The normalized spacial score (nSPS) is 10.4. The fourth-order valence-electron chi connectivity index (χ4n) is 1.27. The first-order valence-corrected chi connectivity index (χ1v) is 5.03. The van der Waals surface area contributed by atoms with Gasteiger partial charge in [0.1, 0.15) is 11.4 Å². The molecule has 2 rings (SSSR count). The largest absolute Gasteiger partial charge is 0.477 e. The minimum atomic E-state index is -1.21. The third-order valence-corrected chi connectivity index (χ3v) is 2.61. The van der Waals surface area contributed by atoms with Crippen LogP contribution in [0.15, 0.2) is 33.4 Å². The van der Waals surface area contributed by atoms with Crippen molar-refractivity contribution < 1.29 is 18.8 Å². The number of carboxylic acids is 1. The Balaban J connectivity index is 2.63. The summed E-state index contributed by atoms with van der Waals surface area (Å²) in [5.74, 6) is -1.89. The fraction of sp³-hybridized carbons (Fsp3) is 0. The summed E-state index contributed by atoms with van der Waals surface area (Å²) in [7, 11) is 0. The summed E-state index contributed by atoms with van der Waals surface area (Å²) in [5, 5.41) is 12.2. The van der Waals surface area contributed by atoms with Gasteiger partial charge in [-0.05, 0) is 28.1 Å². The molecular formula is C10H5BrFNO3. The van der Waals surface area contributed by atoms with Crippen molar-refractivity contribution in [1.82, 2.24) is 5.16 Å². The van der Waals surface area contributed by atoms with Gasteiger partial charge in [-0.15, -0.1) is 0 Å². The maximum absolute atomic E-state index is 13.7. The van der Waals surface area contributed by atoms with Crippen LogP contribution in [-0.2, 0) is 0 Å². The van der Waals surface area contributed by atoms with E-state index in [0.717, 1.165) is 6.20 Å². The van der Waals surface area contributed by atoms with Crippen molar-refractivity contribution in [2.45, 2.75) is 0 Å². The lowest BCUT2D eigenvalue weighted by Gasteiger charge is -2.01. The average molecular weight is 286 g/mol. The number of hydrogen-bond donors (Lipinski definition) is 1. The first-order valence-electron chi connectivity index (χ1n) is 4.23. The van der Waals surface area contributed by atoms with Crippen LogP contribution in [0.1, 0.15) is 10.4 Å². The second-order valence-corrected chi connectivity index (χ2v) is 3.83. The number of benzene rings is 1. The molecule has 0 amide bonds. The number of nitrogens with zero attached hydrogens (tertiary/aromatic N) is 1. The van der Waals surface area contributed by atoms with Gasteiger partial charge in [-0.1, -0.05) is 11.2 Å². The summed E-state index contributed by atoms with van der Waals surface area (Å²) in [6.45, 7) is 0. The molecule has 0 spiro atoms. The minimum Gasteiger partial charge on any atom is -0.477 e. The van der Waals surface area contributed by atoms with Gasteiger partial charge in [0.15, 0.2) is 5.76 Å². The third-order valence-electron chi connectivity index (χ3n) is 2.00. The van der Waals surface area contributed by atoms with E-state index in [-0.39, 0.29) is 21.4 Å². The summed E-state index contributed by atoms with van der Waals surface area (Å²) < 4.78 is 18.7. The van der Waals surface area contributed by atoms with Crippen LogP contribution in [0, 0.1) is 5.82 Å². The predicted molar refractivity (Wildman–Crippen MR) is 56.6 cm³/mol. The van der Waals surface area contributed by atoms with Crippen LogP contribution in [0.4, 0.5) is 4.39 Å². The maximum atomic E-state index is 13.7. The lowest BCUT2D eigenvalue weighted by molar-refractivity contribution is 0.0697. The van der Waals surface area contributed by atoms with Gasteiger partial charge in [0, 0.05) is 0 Å². The summed E-state index contributed by atoms with van der Waals surface area (Å²) in [5.41, 5.74) is -0.110. The zero-order valence-corrected chi connectivity index (χ0v) is 9.36. The Morgan fingerprint density at radius 2 is 2.25 bits per heavy atom. The number of rotatable bonds is 2. The van der Waals surface area contributed by atoms with Crippen molar-refractivity contribution in [2.24, 2.45) is 0 Å². The smallest absolute Gasteiger partial charge is 0.341 e. The highest BCUT2D eigenvalue weighted by molar-refractivity contribution is 9.10. The molecule has 16 heavy (non-hydrogen) atoms. The van der Waals surface area contributed by atoms with Gasteiger partial charge >= 0.3 is 5.97 Å². The van der Waals surface area contributed by atoms with Crippen LogP contribution >= 0.6 is 15.9 Å². The second kappa shape index (κ2) is 4.05. The van der Waals surface area contributed by atoms with Crippen molar-refractivity contribution in [3.8, 4) is 11.3 Å². The Bertz CT molecular complexity index is 553. The van der Waals surface area contributed by atoms with E-state index >= 15 is 0 Å². The summed E-state index contributed by atoms with van der Waals surface area (Å²) in [6, 6.07) is 4.51. The second-order valence-electron chi connectivity index (χ2n) is 2.98. The first-order chi connectivity index (χ1) is 7.61. The van der Waals surface area contributed by atoms with Gasteiger partial charge in [0.25, 0.3) is 0 Å². The molecule has 0 bridgehead atoms. The number of aromatic nitrogens is 1. The maximum Gasteiger partial charge on any atom is 0.341 e. The highest BCUT2D eigenvalue weighted by atomic mass is 79.9. The summed E-state index contributed by atoms with van der Waals surface area (Å²) in [4.78, 5) is 10.8. The number of carbonyl (C=O) groups is 1. The van der Waals surface area contributed by atoms with Crippen molar-refractivity contribution in [3.05, 3.63) is 40.2 Å². The van der Waals surface area contributed by atoms with Gasteiger partial charge in [-0.25, -0.2) is 9.18 Å². The Morgan fingerprint density at radius 3 is 2.94 bits per heavy atom. The molecule has 0 saturated carbocycles. The topological polar surface area (TPSA) is 63.3 Å². The van der Waals surface area contributed by atoms with Crippen molar-refractivity contribution in [1.29, 1.82) is 0 Å². The number of hydrogen-bond acceptors (Lipinski definition) is 3. The Morgan fingerprint density at radius 1 is 1.50 bits per heavy atom. The molecular weight excluding hydrogens is 281 g/mol. The fourth-order valence-corrected chi connectivity index (χ4v) is 1.63.